The van der Waals surface area contributed by atoms with E-state index < -0.39 is 0 Å². The summed E-state index contributed by atoms with van der Waals surface area (Å²) in [5.74, 6) is 0.805. The molecular weight excluding hydrogens is 472 g/mol. The van der Waals surface area contributed by atoms with Gasteiger partial charge in [-0.05, 0) is 92.2 Å². The van der Waals surface area contributed by atoms with Crippen LogP contribution in [0.1, 0.15) is 47.8 Å². The van der Waals surface area contributed by atoms with Crippen LogP contribution in [-0.4, -0.2) is 34.9 Å². The summed E-state index contributed by atoms with van der Waals surface area (Å²) in [6.45, 7) is 8.05. The number of para-hydroxylation sites is 1. The van der Waals surface area contributed by atoms with Gasteiger partial charge in [-0.2, -0.15) is 0 Å². The van der Waals surface area contributed by atoms with Crippen molar-refractivity contribution in [3.8, 4) is 0 Å². The molecule has 0 N–H and O–H groups in total. The molecule has 0 radical (unpaired) electrons. The number of carbonyl (C=O) groups excluding carboxylic acids is 1. The monoisotopic (exact) mass is 500 g/mol. The lowest BCUT2D eigenvalue weighted by atomic mass is 9.91. The molecule has 1 saturated heterocycles. The van der Waals surface area contributed by atoms with Crippen LogP contribution in [0.5, 0.6) is 0 Å². The van der Waals surface area contributed by atoms with Crippen molar-refractivity contribution in [1.29, 1.82) is 0 Å². The minimum absolute atomic E-state index is 0.137. The fraction of sp³-hybridized carbons (Fsp3) is 0.423. The highest BCUT2D eigenvalue weighted by atomic mass is 79.9. The summed E-state index contributed by atoms with van der Waals surface area (Å²) < 4.78 is 3.37. The molecule has 1 aromatic heterocycles. The first kappa shape index (κ1) is 22.6. The van der Waals surface area contributed by atoms with Gasteiger partial charge in [-0.3, -0.25) is 4.79 Å². The van der Waals surface area contributed by atoms with Gasteiger partial charge in [0.25, 0.3) is 0 Å². The highest BCUT2D eigenvalue weighted by molar-refractivity contribution is 9.10. The quantitative estimate of drug-likeness (QED) is 0.329. The lowest BCUT2D eigenvalue weighted by Crippen LogP contribution is -2.37. The van der Waals surface area contributed by atoms with Gasteiger partial charge in [-0.1, -0.05) is 41.9 Å². The van der Waals surface area contributed by atoms with E-state index in [0.29, 0.717) is 5.92 Å². The summed E-state index contributed by atoms with van der Waals surface area (Å²) in [6, 6.07) is 14.4. The van der Waals surface area contributed by atoms with Crippen LogP contribution in [-0.2, 0) is 13.0 Å². The Morgan fingerprint density at radius 2 is 1.97 bits per heavy atom. The van der Waals surface area contributed by atoms with Gasteiger partial charge < -0.3 is 9.47 Å². The van der Waals surface area contributed by atoms with Crippen LogP contribution in [0.2, 0.25) is 5.02 Å². The van der Waals surface area contributed by atoms with E-state index in [9.17, 15) is 4.79 Å². The molecule has 0 bridgehead atoms. The maximum atomic E-state index is 12.3. The first-order valence-electron chi connectivity index (χ1n) is 11.2. The van der Waals surface area contributed by atoms with Gasteiger partial charge in [0.15, 0.2) is 5.78 Å². The smallest absolute Gasteiger partial charge is 0.162 e. The molecule has 0 saturated carbocycles. The molecular formula is C26H30BrClN2O. The molecule has 1 aliphatic rings. The van der Waals surface area contributed by atoms with Crippen LogP contribution in [0.3, 0.4) is 0 Å². The van der Waals surface area contributed by atoms with Gasteiger partial charge >= 0.3 is 0 Å². The molecule has 0 spiro atoms. The summed E-state index contributed by atoms with van der Waals surface area (Å²) >= 11 is 10.1. The number of ketones is 1. The number of aryl methyl sites for hydroxylation is 1. The number of piperidine rings is 1. The maximum absolute atomic E-state index is 12.3. The van der Waals surface area contributed by atoms with Crippen LogP contribution in [0.25, 0.3) is 10.9 Å². The van der Waals surface area contributed by atoms with E-state index in [1.807, 2.05) is 18.2 Å². The number of benzene rings is 2. The topological polar surface area (TPSA) is 25.2 Å². The number of fused-ring (bicyclic) bond motifs is 1. The second-order valence-corrected chi connectivity index (χ2v) is 10.0. The predicted molar refractivity (Wildman–Crippen MR) is 133 cm³/mol. The van der Waals surface area contributed by atoms with Gasteiger partial charge in [0, 0.05) is 39.2 Å². The average molecular weight is 502 g/mol. The Morgan fingerprint density at radius 1 is 1.16 bits per heavy atom. The van der Waals surface area contributed by atoms with Gasteiger partial charge in [0.2, 0.25) is 0 Å². The molecule has 1 aliphatic heterocycles. The third kappa shape index (κ3) is 4.92. The normalized spacial score (nSPS) is 17.4. The van der Waals surface area contributed by atoms with E-state index in [-0.39, 0.29) is 5.78 Å². The van der Waals surface area contributed by atoms with Crippen molar-refractivity contribution in [2.45, 2.75) is 46.1 Å². The number of carbonyl (C=O) groups is 1. The van der Waals surface area contributed by atoms with E-state index in [4.69, 9.17) is 11.6 Å². The second-order valence-electron chi connectivity index (χ2n) is 8.76. The lowest BCUT2D eigenvalue weighted by molar-refractivity contribution is 0.101. The van der Waals surface area contributed by atoms with Gasteiger partial charge in [-0.15, -0.1) is 0 Å². The zero-order chi connectivity index (χ0) is 22.0. The number of aromatic nitrogens is 1. The molecule has 0 amide bonds. The van der Waals surface area contributed by atoms with Crippen LogP contribution < -0.4 is 0 Å². The molecule has 5 heteroatoms. The number of hydrogen-bond donors (Lipinski definition) is 0. The summed E-state index contributed by atoms with van der Waals surface area (Å²) in [4.78, 5) is 14.9. The zero-order valence-corrected chi connectivity index (χ0v) is 20.7. The van der Waals surface area contributed by atoms with Crippen molar-refractivity contribution < 1.29 is 4.79 Å². The molecule has 2 aromatic carbocycles. The lowest BCUT2D eigenvalue weighted by Gasteiger charge is -2.33. The molecule has 0 unspecified atom stereocenters. The van der Waals surface area contributed by atoms with E-state index in [1.54, 1.807) is 6.92 Å². The van der Waals surface area contributed by atoms with Crippen molar-refractivity contribution in [1.82, 2.24) is 9.47 Å². The highest BCUT2D eigenvalue weighted by Crippen LogP contribution is 2.32. The largest absolute Gasteiger partial charge is 0.343 e. The fourth-order valence-electron chi connectivity index (χ4n) is 5.16. The minimum Gasteiger partial charge on any atom is -0.343 e. The number of likely N-dealkylation sites (tertiary alicyclic amines) is 1. The first-order chi connectivity index (χ1) is 15.0. The standard InChI is InChI=1S/C26H30BrClN2O/c1-18-25(19(2)31)22-10-5-11-23(27)26(22)30(18)15-7-14-29-13-6-8-20(17-29)16-21-9-3-4-12-24(21)28/h3-5,9-12,20H,6-8,13-17H2,1-2H3/t20-/m0/s1. The summed E-state index contributed by atoms with van der Waals surface area (Å²) in [6.07, 6.45) is 4.66. The van der Waals surface area contributed by atoms with Crippen molar-refractivity contribution in [2.24, 2.45) is 5.92 Å². The minimum atomic E-state index is 0.137. The Morgan fingerprint density at radius 3 is 2.74 bits per heavy atom. The Kier molecular flexibility index (Phi) is 7.20. The zero-order valence-electron chi connectivity index (χ0n) is 18.3. The summed E-state index contributed by atoms with van der Waals surface area (Å²) in [5.41, 5.74) is 4.34. The first-order valence-corrected chi connectivity index (χ1v) is 12.4. The number of rotatable bonds is 7. The Bertz CT molecular complexity index is 1090. The number of hydrogen-bond acceptors (Lipinski definition) is 2. The Labute approximate surface area is 198 Å². The molecule has 1 fully saturated rings. The number of halogens is 2. The Hall–Kier alpha value is -1.62. The SMILES string of the molecule is CC(=O)c1c(C)n(CCCN2CCC[C@@H](Cc3ccccc3Cl)C2)c2c(Br)cccc12. The van der Waals surface area contributed by atoms with Crippen molar-refractivity contribution in [3.63, 3.8) is 0 Å². The molecule has 0 aliphatic carbocycles. The third-order valence-corrected chi connectivity index (χ3v) is 7.58. The fourth-order valence-corrected chi connectivity index (χ4v) is 5.95. The number of Topliss-reactive ketones (excluding diaryl/α,β-unsaturated/α-hetero) is 1. The second kappa shape index (κ2) is 9.89. The molecule has 3 aromatic rings. The highest BCUT2D eigenvalue weighted by Gasteiger charge is 2.22. The molecule has 4 rings (SSSR count). The molecule has 1 atom stereocenters. The summed E-state index contributed by atoms with van der Waals surface area (Å²) in [5, 5.41) is 1.94. The van der Waals surface area contributed by atoms with Gasteiger partial charge in [0.05, 0.1) is 5.52 Å². The molecule has 3 nitrogen and oxygen atoms in total. The molecule has 164 valence electrons. The van der Waals surface area contributed by atoms with Crippen LogP contribution in [0.4, 0.5) is 0 Å². The maximum Gasteiger partial charge on any atom is 0.162 e. The van der Waals surface area contributed by atoms with Crippen LogP contribution in [0.15, 0.2) is 46.9 Å². The van der Waals surface area contributed by atoms with Crippen LogP contribution >= 0.6 is 27.5 Å². The van der Waals surface area contributed by atoms with Gasteiger partial charge in [0.1, 0.15) is 0 Å². The van der Waals surface area contributed by atoms with E-state index in [1.165, 1.54) is 24.9 Å². The molecule has 31 heavy (non-hydrogen) atoms. The van der Waals surface area contributed by atoms with Crippen molar-refractivity contribution in [2.75, 3.05) is 19.6 Å². The third-order valence-electron chi connectivity index (χ3n) is 6.57. The summed E-state index contributed by atoms with van der Waals surface area (Å²) in [7, 11) is 0. The van der Waals surface area contributed by atoms with Crippen LogP contribution in [0, 0.1) is 12.8 Å². The van der Waals surface area contributed by atoms with E-state index >= 15 is 0 Å². The molecule has 2 heterocycles. The van der Waals surface area contributed by atoms with E-state index in [2.05, 4.69) is 56.6 Å². The van der Waals surface area contributed by atoms with Crippen molar-refractivity contribution >= 4 is 44.2 Å². The van der Waals surface area contributed by atoms with E-state index in [0.717, 1.165) is 64.1 Å². The van der Waals surface area contributed by atoms with Crippen molar-refractivity contribution in [3.05, 3.63) is 68.8 Å². The average Bonchev–Trinajstić information content (AvgIpc) is 3.03. The predicted octanol–water partition coefficient (Wildman–Crippen LogP) is 6.91. The Balaban J connectivity index is 1.41. The number of nitrogens with zero attached hydrogens (tertiary/aromatic N) is 2. The van der Waals surface area contributed by atoms with Gasteiger partial charge in [-0.25, -0.2) is 0 Å².